The van der Waals surface area contributed by atoms with Crippen LogP contribution < -0.4 is 15.5 Å². The predicted octanol–water partition coefficient (Wildman–Crippen LogP) is 3.81. The SMILES string of the molecule is Cc1c(C(NC(=O)Nc2cnc(N3CC[C@@H](O)C3)nc2)C(F)(F)F)oc2c(F)cc(F)cc12. The zero-order valence-corrected chi connectivity index (χ0v) is 17.1. The zero-order valence-electron chi connectivity index (χ0n) is 17.1. The number of hydrogen-bond donors (Lipinski definition) is 3. The summed E-state index contributed by atoms with van der Waals surface area (Å²) in [6, 6.07) is -2.52. The molecule has 8 nitrogen and oxygen atoms in total. The Hall–Kier alpha value is -3.48. The molecule has 2 atom stereocenters. The molecule has 2 aromatic heterocycles. The van der Waals surface area contributed by atoms with Gasteiger partial charge in [0.05, 0.1) is 24.2 Å². The fourth-order valence-corrected chi connectivity index (χ4v) is 3.60. The van der Waals surface area contributed by atoms with Crippen molar-refractivity contribution in [2.75, 3.05) is 23.3 Å². The number of β-amino-alcohol motifs (C(OH)–C–C–N with tert-alkyl or cyclic N) is 1. The standard InChI is InChI=1S/C20H18F5N5O3/c1-9-13-4-10(21)5-14(22)16(13)33-15(9)17(20(23,24)25)29-19(32)28-11-6-26-18(27-7-11)30-3-2-12(31)8-30/h4-7,12,17,31H,2-3,8H2,1H3,(H2,28,29,32)/t12-,17?/m1/s1. The Morgan fingerprint density at radius 2 is 1.97 bits per heavy atom. The lowest BCUT2D eigenvalue weighted by atomic mass is 10.1. The van der Waals surface area contributed by atoms with Crippen LogP contribution in [-0.2, 0) is 0 Å². The molecule has 33 heavy (non-hydrogen) atoms. The lowest BCUT2D eigenvalue weighted by molar-refractivity contribution is -0.158. The molecule has 0 radical (unpaired) electrons. The van der Waals surface area contributed by atoms with E-state index in [4.69, 9.17) is 4.42 Å². The van der Waals surface area contributed by atoms with Crippen LogP contribution in [0.2, 0.25) is 0 Å². The van der Waals surface area contributed by atoms with Gasteiger partial charge < -0.3 is 25.1 Å². The molecule has 0 bridgehead atoms. The molecule has 0 aliphatic carbocycles. The molecule has 1 aromatic carbocycles. The van der Waals surface area contributed by atoms with E-state index < -0.39 is 47.3 Å². The lowest BCUT2D eigenvalue weighted by Crippen LogP contribution is -2.40. The van der Waals surface area contributed by atoms with E-state index in [2.05, 4.69) is 15.3 Å². The number of rotatable bonds is 4. The van der Waals surface area contributed by atoms with Crippen molar-refractivity contribution in [3.63, 3.8) is 0 Å². The molecular formula is C20H18F5N5O3. The summed E-state index contributed by atoms with van der Waals surface area (Å²) in [7, 11) is 0. The largest absolute Gasteiger partial charge is 0.455 e. The summed E-state index contributed by atoms with van der Waals surface area (Å²) in [4.78, 5) is 22.1. The second kappa shape index (κ2) is 8.46. The average molecular weight is 471 g/mol. The highest BCUT2D eigenvalue weighted by Crippen LogP contribution is 2.39. The van der Waals surface area contributed by atoms with Gasteiger partial charge in [0.15, 0.2) is 17.4 Å². The van der Waals surface area contributed by atoms with Gasteiger partial charge in [0.1, 0.15) is 11.6 Å². The molecule has 176 valence electrons. The number of aliphatic hydroxyl groups is 1. The molecule has 2 amide bonds. The number of aliphatic hydroxyl groups excluding tert-OH is 1. The number of carbonyl (C=O) groups is 1. The van der Waals surface area contributed by atoms with Crippen LogP contribution in [-0.4, -0.2) is 46.5 Å². The van der Waals surface area contributed by atoms with Gasteiger partial charge in [-0.2, -0.15) is 13.2 Å². The van der Waals surface area contributed by atoms with E-state index in [1.807, 2.05) is 0 Å². The monoisotopic (exact) mass is 471 g/mol. The zero-order chi connectivity index (χ0) is 23.9. The number of nitrogens with one attached hydrogen (secondary N) is 2. The van der Waals surface area contributed by atoms with Gasteiger partial charge in [-0.25, -0.2) is 23.5 Å². The predicted molar refractivity (Wildman–Crippen MR) is 107 cm³/mol. The van der Waals surface area contributed by atoms with Gasteiger partial charge in [-0.05, 0) is 19.4 Å². The van der Waals surface area contributed by atoms with Crippen LogP contribution >= 0.6 is 0 Å². The highest BCUT2D eigenvalue weighted by Gasteiger charge is 2.45. The summed E-state index contributed by atoms with van der Waals surface area (Å²) in [5, 5.41) is 13.3. The van der Waals surface area contributed by atoms with Gasteiger partial charge in [0.2, 0.25) is 5.95 Å². The van der Waals surface area contributed by atoms with E-state index >= 15 is 0 Å². The van der Waals surface area contributed by atoms with Crippen LogP contribution in [0.3, 0.4) is 0 Å². The quantitative estimate of drug-likeness (QED) is 0.500. The Morgan fingerprint density at radius 3 is 2.58 bits per heavy atom. The van der Waals surface area contributed by atoms with Crippen molar-refractivity contribution in [3.8, 4) is 0 Å². The van der Waals surface area contributed by atoms with Crippen LogP contribution in [0.5, 0.6) is 0 Å². The number of amides is 2. The third-order valence-corrected chi connectivity index (χ3v) is 5.20. The van der Waals surface area contributed by atoms with E-state index in [1.54, 1.807) is 10.2 Å². The van der Waals surface area contributed by atoms with Gasteiger partial charge >= 0.3 is 12.2 Å². The summed E-state index contributed by atoms with van der Waals surface area (Å²) >= 11 is 0. The topological polar surface area (TPSA) is 104 Å². The van der Waals surface area contributed by atoms with Crippen LogP contribution in [0.4, 0.5) is 38.4 Å². The number of aromatic nitrogens is 2. The molecule has 3 N–H and O–H groups in total. The number of urea groups is 1. The number of fused-ring (bicyclic) bond motifs is 1. The van der Waals surface area contributed by atoms with E-state index in [-0.39, 0.29) is 16.6 Å². The van der Waals surface area contributed by atoms with E-state index in [1.165, 1.54) is 19.3 Å². The molecule has 1 aliphatic rings. The van der Waals surface area contributed by atoms with Crippen LogP contribution in [0.15, 0.2) is 28.9 Å². The maximum Gasteiger partial charge on any atom is 0.416 e. The summed E-state index contributed by atoms with van der Waals surface area (Å²) in [5.41, 5.74) is -0.686. The highest BCUT2D eigenvalue weighted by molar-refractivity contribution is 5.89. The number of carbonyl (C=O) groups excluding carboxylic acids is 1. The second-order valence-corrected chi connectivity index (χ2v) is 7.59. The number of aryl methyl sites for hydroxylation is 1. The van der Waals surface area contributed by atoms with Gasteiger partial charge in [0.25, 0.3) is 0 Å². The third kappa shape index (κ3) is 4.67. The molecule has 1 aliphatic heterocycles. The first-order valence-corrected chi connectivity index (χ1v) is 9.80. The first-order chi connectivity index (χ1) is 15.5. The number of alkyl halides is 3. The fourth-order valence-electron chi connectivity index (χ4n) is 3.60. The Balaban J connectivity index is 1.53. The second-order valence-electron chi connectivity index (χ2n) is 7.59. The number of halogens is 5. The maximum atomic E-state index is 14.0. The smallest absolute Gasteiger partial charge is 0.416 e. The Bertz CT molecular complexity index is 1180. The molecule has 1 saturated heterocycles. The Kier molecular flexibility index (Phi) is 5.82. The Labute approximate surface area is 183 Å². The maximum absolute atomic E-state index is 14.0. The van der Waals surface area contributed by atoms with Crippen molar-refractivity contribution >= 4 is 28.6 Å². The summed E-state index contributed by atoms with van der Waals surface area (Å²) in [6.07, 6.45) is -2.52. The van der Waals surface area contributed by atoms with Crippen LogP contribution in [0.1, 0.15) is 23.8 Å². The molecule has 3 aromatic rings. The summed E-state index contributed by atoms with van der Waals surface area (Å²) < 4.78 is 73.7. The van der Waals surface area contributed by atoms with Gasteiger partial charge in [0, 0.05) is 30.1 Å². The molecule has 4 rings (SSSR count). The fraction of sp³-hybridized carbons (Fsp3) is 0.350. The highest BCUT2D eigenvalue weighted by atomic mass is 19.4. The minimum Gasteiger partial charge on any atom is -0.455 e. The molecular weight excluding hydrogens is 453 g/mol. The number of furan rings is 1. The molecule has 1 fully saturated rings. The van der Waals surface area contributed by atoms with Crippen LogP contribution in [0, 0.1) is 18.6 Å². The van der Waals surface area contributed by atoms with Crippen molar-refractivity contribution < 1.29 is 36.3 Å². The molecule has 1 unspecified atom stereocenters. The molecule has 13 heteroatoms. The van der Waals surface area contributed by atoms with Crippen molar-refractivity contribution in [2.45, 2.75) is 31.7 Å². The third-order valence-electron chi connectivity index (χ3n) is 5.20. The average Bonchev–Trinajstić information content (AvgIpc) is 3.30. The molecule has 3 heterocycles. The number of nitrogens with zero attached hydrogens (tertiary/aromatic N) is 3. The number of benzene rings is 1. The lowest BCUT2D eigenvalue weighted by Gasteiger charge is -2.21. The number of anilines is 2. The normalized spacial score (nSPS) is 17.4. The summed E-state index contributed by atoms with van der Waals surface area (Å²) in [6.45, 7) is 2.10. The molecule has 0 saturated carbocycles. The van der Waals surface area contributed by atoms with E-state index in [9.17, 15) is 31.9 Å². The van der Waals surface area contributed by atoms with Crippen molar-refractivity contribution in [1.82, 2.24) is 15.3 Å². The molecule has 0 spiro atoms. The van der Waals surface area contributed by atoms with Crippen molar-refractivity contribution in [3.05, 3.63) is 47.5 Å². The summed E-state index contributed by atoms with van der Waals surface area (Å²) in [5.74, 6) is -2.60. The van der Waals surface area contributed by atoms with Gasteiger partial charge in [-0.3, -0.25) is 0 Å². The van der Waals surface area contributed by atoms with Gasteiger partial charge in [-0.15, -0.1) is 0 Å². The van der Waals surface area contributed by atoms with Crippen molar-refractivity contribution in [1.29, 1.82) is 0 Å². The van der Waals surface area contributed by atoms with Crippen LogP contribution in [0.25, 0.3) is 11.0 Å². The van der Waals surface area contributed by atoms with Crippen molar-refractivity contribution in [2.24, 2.45) is 0 Å². The van der Waals surface area contributed by atoms with E-state index in [0.29, 0.717) is 31.5 Å². The first-order valence-electron chi connectivity index (χ1n) is 9.80. The number of hydrogen-bond acceptors (Lipinski definition) is 6. The minimum atomic E-state index is -5.00. The van der Waals surface area contributed by atoms with Gasteiger partial charge in [-0.1, -0.05) is 0 Å². The first kappa shape index (κ1) is 22.7. The Morgan fingerprint density at radius 1 is 1.27 bits per heavy atom. The van der Waals surface area contributed by atoms with E-state index in [0.717, 1.165) is 6.07 Å². The minimum absolute atomic E-state index is 0.0198.